The minimum Gasteiger partial charge on any atom is -0.387 e. The maximum Gasteiger partial charge on any atom is 0.0968 e. The van der Waals surface area contributed by atoms with Gasteiger partial charge in [-0.2, -0.15) is 0 Å². The number of hydrogen-bond acceptors (Lipinski definition) is 4. The predicted octanol–water partition coefficient (Wildman–Crippen LogP) is 2.24. The normalized spacial score (nSPS) is 15.2. The van der Waals surface area contributed by atoms with Gasteiger partial charge >= 0.3 is 0 Å². The summed E-state index contributed by atoms with van der Waals surface area (Å²) >= 11 is 1.62. The molecule has 0 aliphatic heterocycles. The van der Waals surface area contributed by atoms with Crippen LogP contribution in [0.3, 0.4) is 0 Å². The van der Waals surface area contributed by atoms with Crippen LogP contribution in [0.2, 0.25) is 0 Å². The molecule has 0 saturated heterocycles. The molecule has 16 heavy (non-hydrogen) atoms. The highest BCUT2D eigenvalue weighted by Gasteiger charge is 2.22. The Morgan fingerprint density at radius 2 is 2.19 bits per heavy atom. The van der Waals surface area contributed by atoms with Gasteiger partial charge in [-0.25, -0.2) is 4.98 Å². The second-order valence-corrected chi connectivity index (χ2v) is 5.30. The summed E-state index contributed by atoms with van der Waals surface area (Å²) in [6, 6.07) is 8.00. The summed E-state index contributed by atoms with van der Waals surface area (Å²) in [5.41, 5.74) is 0.151. The zero-order valence-electron chi connectivity index (χ0n) is 9.43. The Morgan fingerprint density at radius 1 is 1.44 bits per heavy atom. The van der Waals surface area contributed by atoms with Crippen LogP contribution >= 0.6 is 11.3 Å². The van der Waals surface area contributed by atoms with Gasteiger partial charge in [0.2, 0.25) is 0 Å². The minimum absolute atomic E-state index is 0.322. The smallest absolute Gasteiger partial charge is 0.0968 e. The summed E-state index contributed by atoms with van der Waals surface area (Å²) in [4.78, 5) is 4.48. The van der Waals surface area contributed by atoms with Gasteiger partial charge in [-0.15, -0.1) is 11.3 Å². The Balaban J connectivity index is 2.21. The molecule has 1 aromatic carbocycles. The average molecular weight is 237 g/mol. The molecule has 4 heteroatoms. The van der Waals surface area contributed by atoms with Crippen molar-refractivity contribution in [3.63, 3.8) is 0 Å². The number of ether oxygens (including phenoxy) is 1. The van der Waals surface area contributed by atoms with Gasteiger partial charge in [-0.1, -0.05) is 12.1 Å². The third-order valence-electron chi connectivity index (χ3n) is 2.33. The van der Waals surface area contributed by atoms with E-state index in [-0.39, 0.29) is 0 Å². The van der Waals surface area contributed by atoms with E-state index in [0.717, 1.165) is 15.2 Å². The van der Waals surface area contributed by atoms with Crippen molar-refractivity contribution in [1.29, 1.82) is 0 Å². The van der Waals surface area contributed by atoms with Crippen molar-refractivity contribution < 1.29 is 9.84 Å². The Labute approximate surface area is 98.7 Å². The molecule has 0 aliphatic carbocycles. The van der Waals surface area contributed by atoms with Crippen LogP contribution in [0.25, 0.3) is 10.2 Å². The van der Waals surface area contributed by atoms with E-state index >= 15 is 0 Å². The van der Waals surface area contributed by atoms with Crippen LogP contribution in [0.15, 0.2) is 24.3 Å². The molecule has 0 fully saturated rings. The van der Waals surface area contributed by atoms with Gasteiger partial charge in [-0.3, -0.25) is 0 Å². The van der Waals surface area contributed by atoms with Crippen LogP contribution < -0.4 is 0 Å². The first-order chi connectivity index (χ1) is 7.61. The summed E-state index contributed by atoms with van der Waals surface area (Å²) in [6.45, 7) is 2.09. The van der Waals surface area contributed by atoms with E-state index in [4.69, 9.17) is 4.74 Å². The summed E-state index contributed by atoms with van der Waals surface area (Å²) in [7, 11) is 1.59. The van der Waals surface area contributed by atoms with Gasteiger partial charge < -0.3 is 9.84 Å². The van der Waals surface area contributed by atoms with Crippen molar-refractivity contribution >= 4 is 21.6 Å². The molecule has 2 rings (SSSR count). The van der Waals surface area contributed by atoms with E-state index in [2.05, 4.69) is 4.98 Å². The van der Waals surface area contributed by atoms with Crippen molar-refractivity contribution in [2.24, 2.45) is 0 Å². The third kappa shape index (κ3) is 2.58. The quantitative estimate of drug-likeness (QED) is 0.886. The first-order valence-corrected chi connectivity index (χ1v) is 5.98. The number of rotatable bonds is 4. The van der Waals surface area contributed by atoms with E-state index in [0.29, 0.717) is 13.0 Å². The molecule has 0 bridgehead atoms. The summed E-state index contributed by atoms with van der Waals surface area (Å²) in [6.07, 6.45) is 0.528. The molecule has 0 amide bonds. The van der Waals surface area contributed by atoms with Crippen LogP contribution in [0.5, 0.6) is 0 Å². The van der Waals surface area contributed by atoms with Gasteiger partial charge in [0.05, 0.1) is 27.4 Å². The fraction of sp³-hybridized carbons (Fsp3) is 0.417. The van der Waals surface area contributed by atoms with Crippen LogP contribution in [0.1, 0.15) is 11.9 Å². The lowest BCUT2D eigenvalue weighted by atomic mass is 10.1. The molecular weight excluding hydrogens is 222 g/mol. The number of benzene rings is 1. The molecule has 0 radical (unpaired) electrons. The van der Waals surface area contributed by atoms with Gasteiger partial charge in [0.25, 0.3) is 0 Å². The summed E-state index contributed by atoms with van der Waals surface area (Å²) in [5.74, 6) is 0. The Kier molecular flexibility index (Phi) is 3.23. The highest BCUT2D eigenvalue weighted by Crippen LogP contribution is 2.24. The van der Waals surface area contributed by atoms with Gasteiger partial charge in [0.1, 0.15) is 0 Å². The van der Waals surface area contributed by atoms with Crippen LogP contribution in [0, 0.1) is 0 Å². The second kappa shape index (κ2) is 4.49. The average Bonchev–Trinajstić information content (AvgIpc) is 2.58. The van der Waals surface area contributed by atoms with E-state index < -0.39 is 5.60 Å². The molecule has 86 valence electrons. The van der Waals surface area contributed by atoms with E-state index in [1.807, 2.05) is 24.3 Å². The molecule has 1 N–H and O–H groups in total. The zero-order valence-corrected chi connectivity index (χ0v) is 10.3. The number of aliphatic hydroxyl groups is 1. The van der Waals surface area contributed by atoms with Gasteiger partial charge in [-0.05, 0) is 19.1 Å². The molecule has 3 nitrogen and oxygen atoms in total. The van der Waals surface area contributed by atoms with Crippen molar-refractivity contribution in [1.82, 2.24) is 4.98 Å². The Bertz CT molecular complexity index is 446. The number of fused-ring (bicyclic) bond motifs is 1. The third-order valence-corrected chi connectivity index (χ3v) is 3.36. The molecule has 0 aliphatic rings. The highest BCUT2D eigenvalue weighted by molar-refractivity contribution is 7.18. The standard InChI is InChI=1S/C12H15NO2S/c1-12(14,8-15-2)7-11-13-9-5-3-4-6-10(9)16-11/h3-6,14H,7-8H2,1-2H3. The first kappa shape index (κ1) is 11.5. The fourth-order valence-corrected chi connectivity index (χ4v) is 2.83. The maximum absolute atomic E-state index is 10.0. The topological polar surface area (TPSA) is 42.4 Å². The lowest BCUT2D eigenvalue weighted by Crippen LogP contribution is -2.32. The summed E-state index contributed by atoms with van der Waals surface area (Å²) in [5, 5.41) is 11.0. The fourth-order valence-electron chi connectivity index (χ4n) is 1.68. The van der Waals surface area contributed by atoms with Crippen molar-refractivity contribution in [2.75, 3.05) is 13.7 Å². The van der Waals surface area contributed by atoms with Crippen LogP contribution in [-0.4, -0.2) is 29.4 Å². The van der Waals surface area contributed by atoms with Crippen molar-refractivity contribution in [3.05, 3.63) is 29.3 Å². The second-order valence-electron chi connectivity index (χ2n) is 4.18. The number of methoxy groups -OCH3 is 1. The highest BCUT2D eigenvalue weighted by atomic mass is 32.1. The van der Waals surface area contributed by atoms with Gasteiger partial charge in [0.15, 0.2) is 0 Å². The molecule has 0 spiro atoms. The molecule has 2 aromatic rings. The SMILES string of the molecule is COCC(C)(O)Cc1nc2ccccc2s1. The van der Waals surface area contributed by atoms with Crippen molar-refractivity contribution in [3.8, 4) is 0 Å². The molecule has 1 aromatic heterocycles. The molecule has 0 saturated carbocycles. The maximum atomic E-state index is 10.0. The van der Waals surface area contributed by atoms with E-state index in [1.165, 1.54) is 0 Å². The Hall–Kier alpha value is -0.970. The lowest BCUT2D eigenvalue weighted by molar-refractivity contribution is -0.0160. The molecular formula is C12H15NO2S. The minimum atomic E-state index is -0.845. The molecule has 1 atom stereocenters. The number of thiazole rings is 1. The number of para-hydroxylation sites is 1. The lowest BCUT2D eigenvalue weighted by Gasteiger charge is -2.20. The predicted molar refractivity (Wildman–Crippen MR) is 65.8 cm³/mol. The van der Waals surface area contributed by atoms with Crippen LogP contribution in [0.4, 0.5) is 0 Å². The first-order valence-electron chi connectivity index (χ1n) is 5.16. The zero-order chi connectivity index (χ0) is 11.6. The van der Waals surface area contributed by atoms with E-state index in [1.54, 1.807) is 25.4 Å². The Morgan fingerprint density at radius 3 is 2.88 bits per heavy atom. The monoisotopic (exact) mass is 237 g/mol. The largest absolute Gasteiger partial charge is 0.387 e. The van der Waals surface area contributed by atoms with Gasteiger partial charge in [0, 0.05) is 13.5 Å². The number of aromatic nitrogens is 1. The molecule has 1 unspecified atom stereocenters. The molecule has 1 heterocycles. The summed E-state index contributed by atoms with van der Waals surface area (Å²) < 4.78 is 6.14. The van der Waals surface area contributed by atoms with Crippen molar-refractivity contribution in [2.45, 2.75) is 18.9 Å². The number of hydrogen-bond donors (Lipinski definition) is 1. The van der Waals surface area contributed by atoms with E-state index in [9.17, 15) is 5.11 Å². The number of nitrogens with zero attached hydrogens (tertiary/aromatic N) is 1. The van der Waals surface area contributed by atoms with Crippen LogP contribution in [-0.2, 0) is 11.2 Å².